The summed E-state index contributed by atoms with van der Waals surface area (Å²) in [5.74, 6) is 2.41. The zero-order valence-electron chi connectivity index (χ0n) is 19.1. The second-order valence-electron chi connectivity index (χ2n) is 8.64. The third-order valence-electron chi connectivity index (χ3n) is 6.35. The molecule has 34 heavy (non-hydrogen) atoms. The van der Waals surface area contributed by atoms with Crippen molar-refractivity contribution in [2.24, 2.45) is 0 Å². The van der Waals surface area contributed by atoms with Crippen LogP contribution in [0, 0.1) is 6.92 Å². The first-order valence-corrected chi connectivity index (χ1v) is 11.3. The van der Waals surface area contributed by atoms with Crippen LogP contribution >= 0.6 is 0 Å². The predicted octanol–water partition coefficient (Wildman–Crippen LogP) is 3.66. The normalized spacial score (nSPS) is 20.2. The molecular formula is C25H26N4O5. The lowest BCUT2D eigenvalue weighted by Gasteiger charge is -2.18. The van der Waals surface area contributed by atoms with Crippen molar-refractivity contribution in [2.75, 3.05) is 40.1 Å². The molecule has 2 aromatic carbocycles. The number of fused-ring (bicyclic) bond motifs is 3. The van der Waals surface area contributed by atoms with E-state index in [0.29, 0.717) is 36.5 Å². The molecular weight excluding hydrogens is 436 g/mol. The van der Waals surface area contributed by atoms with Gasteiger partial charge in [-0.15, -0.1) is 0 Å². The summed E-state index contributed by atoms with van der Waals surface area (Å²) in [5, 5.41) is 1.83. The lowest BCUT2D eigenvalue weighted by Crippen LogP contribution is -2.28. The summed E-state index contributed by atoms with van der Waals surface area (Å²) in [5.41, 5.74) is 2.89. The van der Waals surface area contributed by atoms with Crippen LogP contribution in [0.1, 0.15) is 5.69 Å². The summed E-state index contributed by atoms with van der Waals surface area (Å²) in [6.07, 6.45) is 1.84. The van der Waals surface area contributed by atoms with E-state index < -0.39 is 0 Å². The van der Waals surface area contributed by atoms with E-state index in [-0.39, 0.29) is 12.2 Å². The second-order valence-corrected chi connectivity index (χ2v) is 8.64. The molecule has 2 aliphatic heterocycles. The number of nitrogens with one attached hydrogen (secondary N) is 1. The summed E-state index contributed by atoms with van der Waals surface area (Å²) >= 11 is 0. The minimum Gasteiger partial charge on any atom is -0.493 e. The maximum atomic E-state index is 6.14. The molecule has 2 fully saturated rings. The molecule has 0 spiro atoms. The number of aromatic nitrogens is 3. The number of aryl methyl sites for hydroxylation is 1. The summed E-state index contributed by atoms with van der Waals surface area (Å²) in [7, 11) is 1.62. The van der Waals surface area contributed by atoms with Crippen molar-refractivity contribution >= 4 is 21.8 Å². The minimum atomic E-state index is 0.173. The van der Waals surface area contributed by atoms with Crippen molar-refractivity contribution in [3.63, 3.8) is 0 Å². The Bertz CT molecular complexity index is 1330. The number of nitrogens with zero attached hydrogens (tertiary/aromatic N) is 3. The molecule has 2 aromatic heterocycles. The number of rotatable bonds is 7. The van der Waals surface area contributed by atoms with Crippen molar-refractivity contribution in [3.8, 4) is 23.1 Å². The highest BCUT2D eigenvalue weighted by molar-refractivity contribution is 5.87. The molecule has 0 bridgehead atoms. The molecule has 6 rings (SSSR count). The van der Waals surface area contributed by atoms with Gasteiger partial charge in [0, 0.05) is 42.3 Å². The first kappa shape index (κ1) is 21.2. The molecule has 4 aromatic rings. The fraction of sp³-hybridized carbons (Fsp3) is 0.360. The Kier molecular flexibility index (Phi) is 5.44. The van der Waals surface area contributed by atoms with Crippen molar-refractivity contribution < 1.29 is 23.7 Å². The van der Waals surface area contributed by atoms with Crippen LogP contribution < -0.4 is 14.2 Å². The first-order chi connectivity index (χ1) is 16.7. The molecule has 1 N–H and O–H groups in total. The van der Waals surface area contributed by atoms with Crippen LogP contribution in [0.15, 0.2) is 42.7 Å². The molecule has 176 valence electrons. The Morgan fingerprint density at radius 2 is 1.91 bits per heavy atom. The average Bonchev–Trinajstić information content (AvgIpc) is 3.52. The topological polar surface area (TPSA) is 91.0 Å². The fourth-order valence-electron chi connectivity index (χ4n) is 4.65. The molecule has 0 radical (unpaired) electrons. The van der Waals surface area contributed by atoms with Gasteiger partial charge in [-0.25, -0.2) is 9.97 Å². The maximum absolute atomic E-state index is 6.14. The number of hydrogen-bond acceptors (Lipinski definition) is 8. The highest BCUT2D eigenvalue weighted by Gasteiger charge is 2.38. The minimum absolute atomic E-state index is 0.173. The van der Waals surface area contributed by atoms with Gasteiger partial charge in [-0.1, -0.05) is 0 Å². The fourth-order valence-corrected chi connectivity index (χ4v) is 4.65. The van der Waals surface area contributed by atoms with Gasteiger partial charge in [0.2, 0.25) is 5.88 Å². The molecule has 2 saturated heterocycles. The number of hydrogen-bond donors (Lipinski definition) is 1. The largest absolute Gasteiger partial charge is 0.493 e. The number of methoxy groups -OCH3 is 1. The molecule has 2 unspecified atom stereocenters. The van der Waals surface area contributed by atoms with Crippen LogP contribution in [0.25, 0.3) is 21.8 Å². The molecule has 2 aliphatic rings. The number of aromatic amines is 1. The predicted molar refractivity (Wildman–Crippen MR) is 126 cm³/mol. The third kappa shape index (κ3) is 4.02. The van der Waals surface area contributed by atoms with Gasteiger partial charge in [0.1, 0.15) is 37.7 Å². The van der Waals surface area contributed by atoms with Gasteiger partial charge in [-0.2, -0.15) is 0 Å². The Labute approximate surface area is 196 Å². The van der Waals surface area contributed by atoms with Gasteiger partial charge in [-0.05, 0) is 37.3 Å². The van der Waals surface area contributed by atoms with E-state index in [1.54, 1.807) is 7.11 Å². The van der Waals surface area contributed by atoms with E-state index in [0.717, 1.165) is 47.1 Å². The molecule has 9 nitrogen and oxygen atoms in total. The molecule has 0 aliphatic carbocycles. The Morgan fingerprint density at radius 1 is 1.06 bits per heavy atom. The smallest absolute Gasteiger partial charge is 0.230 e. The van der Waals surface area contributed by atoms with Crippen LogP contribution in [0.2, 0.25) is 0 Å². The van der Waals surface area contributed by atoms with Crippen LogP contribution in [0.5, 0.6) is 23.1 Å². The number of likely N-dealkylation sites (tertiary alicyclic amines) is 1. The molecule has 0 saturated carbocycles. The SMILES string of the molecule is COc1cc2c(Oc3ccc4[nH]c(C)cc4c3)ncnc2cc1OCCN1CC2OCOC2C1. The molecule has 9 heteroatoms. The second kappa shape index (κ2) is 8.75. The summed E-state index contributed by atoms with van der Waals surface area (Å²) in [6, 6.07) is 11.7. The molecule has 2 atom stereocenters. The lowest BCUT2D eigenvalue weighted by molar-refractivity contribution is 0.0140. The van der Waals surface area contributed by atoms with Gasteiger partial charge in [-0.3, -0.25) is 4.90 Å². The van der Waals surface area contributed by atoms with E-state index >= 15 is 0 Å². The number of benzene rings is 2. The number of ether oxygens (including phenoxy) is 5. The summed E-state index contributed by atoms with van der Waals surface area (Å²) < 4.78 is 29.0. The summed E-state index contributed by atoms with van der Waals surface area (Å²) in [4.78, 5) is 14.4. The van der Waals surface area contributed by atoms with Gasteiger partial charge in [0.15, 0.2) is 11.5 Å². The highest BCUT2D eigenvalue weighted by atomic mass is 16.7. The average molecular weight is 463 g/mol. The Balaban J connectivity index is 1.20. The van der Waals surface area contributed by atoms with Crippen molar-refractivity contribution in [2.45, 2.75) is 19.1 Å². The maximum Gasteiger partial charge on any atom is 0.230 e. The van der Waals surface area contributed by atoms with E-state index in [1.165, 1.54) is 6.33 Å². The van der Waals surface area contributed by atoms with Gasteiger partial charge in [0.25, 0.3) is 0 Å². The van der Waals surface area contributed by atoms with E-state index in [2.05, 4.69) is 25.9 Å². The highest BCUT2D eigenvalue weighted by Crippen LogP contribution is 2.36. The van der Waals surface area contributed by atoms with E-state index in [9.17, 15) is 0 Å². The van der Waals surface area contributed by atoms with E-state index in [1.807, 2.05) is 37.3 Å². The quantitative estimate of drug-likeness (QED) is 0.445. The van der Waals surface area contributed by atoms with Crippen LogP contribution in [-0.4, -0.2) is 72.2 Å². The van der Waals surface area contributed by atoms with E-state index in [4.69, 9.17) is 23.7 Å². The summed E-state index contributed by atoms with van der Waals surface area (Å²) in [6.45, 7) is 5.47. The zero-order chi connectivity index (χ0) is 23.1. The lowest BCUT2D eigenvalue weighted by atomic mass is 10.2. The van der Waals surface area contributed by atoms with Gasteiger partial charge >= 0.3 is 0 Å². The Hall–Kier alpha value is -3.40. The number of H-pyrrole nitrogens is 1. The first-order valence-electron chi connectivity index (χ1n) is 11.3. The Morgan fingerprint density at radius 3 is 2.74 bits per heavy atom. The van der Waals surface area contributed by atoms with Gasteiger partial charge in [0.05, 0.1) is 18.0 Å². The van der Waals surface area contributed by atoms with Crippen LogP contribution in [-0.2, 0) is 9.47 Å². The van der Waals surface area contributed by atoms with Crippen molar-refractivity contribution in [1.82, 2.24) is 19.9 Å². The van der Waals surface area contributed by atoms with Crippen LogP contribution in [0.4, 0.5) is 0 Å². The van der Waals surface area contributed by atoms with Crippen molar-refractivity contribution in [1.29, 1.82) is 0 Å². The molecule has 0 amide bonds. The monoisotopic (exact) mass is 462 g/mol. The standard InChI is InChI=1S/C25H26N4O5/c1-15-7-16-8-17(3-4-19(16)28-15)34-25-18-9-21(30-2)22(10-20(18)26-13-27-25)31-6-5-29-11-23-24(12-29)33-14-32-23/h3-4,7-10,13,23-24,28H,5-6,11-12,14H2,1-2H3. The van der Waals surface area contributed by atoms with Crippen molar-refractivity contribution in [3.05, 3.63) is 48.4 Å². The third-order valence-corrected chi connectivity index (χ3v) is 6.35. The zero-order valence-corrected chi connectivity index (χ0v) is 19.1. The van der Waals surface area contributed by atoms with Gasteiger partial charge < -0.3 is 28.7 Å². The van der Waals surface area contributed by atoms with Crippen LogP contribution in [0.3, 0.4) is 0 Å². The molecule has 4 heterocycles.